The second-order valence-corrected chi connectivity index (χ2v) is 6.32. The molecule has 2 rings (SSSR count). The van der Waals surface area contributed by atoms with E-state index in [9.17, 15) is 4.79 Å². The zero-order valence-electron chi connectivity index (χ0n) is 13.3. The minimum atomic E-state index is -0.411. The summed E-state index contributed by atoms with van der Waals surface area (Å²) < 4.78 is 0. The molecule has 0 saturated carbocycles. The summed E-state index contributed by atoms with van der Waals surface area (Å²) in [7, 11) is 0. The van der Waals surface area contributed by atoms with E-state index in [0.717, 1.165) is 25.9 Å². The first-order valence-electron chi connectivity index (χ1n) is 7.87. The van der Waals surface area contributed by atoms with Gasteiger partial charge in [0.25, 0.3) is 0 Å². The molecule has 0 radical (unpaired) electrons. The van der Waals surface area contributed by atoms with Gasteiger partial charge in [-0.2, -0.15) is 0 Å². The largest absolute Gasteiger partial charge is 0.352 e. The maximum absolute atomic E-state index is 10.9. The standard InChI is InChI=1S/C17H27N3O/c1-12(2)14-4-6-15(7-5-14)13(3)20-10-8-16(9-11-20)19-17(18)21/h4-7,12-13,16H,8-11H2,1-3H3,(H3,18,19,21). The van der Waals surface area contributed by atoms with Crippen LogP contribution in [0.4, 0.5) is 4.79 Å². The first-order chi connectivity index (χ1) is 9.97. The molecule has 0 aromatic heterocycles. The van der Waals surface area contributed by atoms with E-state index < -0.39 is 6.03 Å². The normalized spacial score (nSPS) is 18.7. The zero-order chi connectivity index (χ0) is 15.4. The summed E-state index contributed by atoms with van der Waals surface area (Å²) in [5.41, 5.74) is 7.93. The predicted molar refractivity (Wildman–Crippen MR) is 86.3 cm³/mol. The second kappa shape index (κ2) is 6.94. The average Bonchev–Trinajstić information content (AvgIpc) is 2.47. The summed E-state index contributed by atoms with van der Waals surface area (Å²) in [6.45, 7) is 8.69. The molecule has 116 valence electrons. The Bertz CT molecular complexity index is 461. The van der Waals surface area contributed by atoms with Crippen molar-refractivity contribution >= 4 is 6.03 Å². The van der Waals surface area contributed by atoms with Crippen LogP contribution in [-0.2, 0) is 0 Å². The fourth-order valence-electron chi connectivity index (χ4n) is 3.00. The van der Waals surface area contributed by atoms with Gasteiger partial charge in [0.05, 0.1) is 0 Å². The molecule has 0 aliphatic carbocycles. The van der Waals surface area contributed by atoms with Gasteiger partial charge in [0, 0.05) is 25.2 Å². The maximum Gasteiger partial charge on any atom is 0.312 e. The third-order valence-corrected chi connectivity index (χ3v) is 4.51. The SMILES string of the molecule is CC(C)c1ccc(C(C)N2CCC(NC(N)=O)CC2)cc1. The number of hydrogen-bond acceptors (Lipinski definition) is 2. The summed E-state index contributed by atoms with van der Waals surface area (Å²) in [6, 6.07) is 9.19. The third-order valence-electron chi connectivity index (χ3n) is 4.51. The monoisotopic (exact) mass is 289 g/mol. The molecule has 21 heavy (non-hydrogen) atoms. The van der Waals surface area contributed by atoms with E-state index in [1.807, 2.05) is 0 Å². The van der Waals surface area contributed by atoms with Crippen molar-refractivity contribution in [2.24, 2.45) is 5.73 Å². The molecule has 1 saturated heterocycles. The van der Waals surface area contributed by atoms with E-state index in [1.165, 1.54) is 11.1 Å². The highest BCUT2D eigenvalue weighted by molar-refractivity contribution is 5.71. The number of carbonyl (C=O) groups is 1. The number of rotatable bonds is 4. The van der Waals surface area contributed by atoms with Gasteiger partial charge in [-0.3, -0.25) is 4.90 Å². The first kappa shape index (κ1) is 15.8. The van der Waals surface area contributed by atoms with E-state index in [-0.39, 0.29) is 6.04 Å². The van der Waals surface area contributed by atoms with Gasteiger partial charge >= 0.3 is 6.03 Å². The number of carbonyl (C=O) groups excluding carboxylic acids is 1. The first-order valence-corrected chi connectivity index (χ1v) is 7.87. The Morgan fingerprint density at radius 2 is 1.67 bits per heavy atom. The Hall–Kier alpha value is -1.55. The van der Waals surface area contributed by atoms with Crippen LogP contribution in [0.2, 0.25) is 0 Å². The van der Waals surface area contributed by atoms with Crippen molar-refractivity contribution in [2.75, 3.05) is 13.1 Å². The van der Waals surface area contributed by atoms with Gasteiger partial charge in [0.15, 0.2) is 0 Å². The lowest BCUT2D eigenvalue weighted by Crippen LogP contribution is -2.46. The Morgan fingerprint density at radius 3 is 2.14 bits per heavy atom. The van der Waals surface area contributed by atoms with Gasteiger partial charge in [-0.05, 0) is 36.8 Å². The molecule has 4 nitrogen and oxygen atoms in total. The molecule has 0 bridgehead atoms. The van der Waals surface area contributed by atoms with Crippen molar-refractivity contribution in [3.8, 4) is 0 Å². The van der Waals surface area contributed by atoms with Crippen molar-refractivity contribution in [3.63, 3.8) is 0 Å². The molecule has 2 amide bonds. The van der Waals surface area contributed by atoms with Gasteiger partial charge in [-0.1, -0.05) is 38.1 Å². The van der Waals surface area contributed by atoms with Crippen LogP contribution < -0.4 is 11.1 Å². The fourth-order valence-corrected chi connectivity index (χ4v) is 3.00. The van der Waals surface area contributed by atoms with E-state index >= 15 is 0 Å². The van der Waals surface area contributed by atoms with Crippen LogP contribution in [0, 0.1) is 0 Å². The zero-order valence-corrected chi connectivity index (χ0v) is 13.3. The number of nitrogens with one attached hydrogen (secondary N) is 1. The van der Waals surface area contributed by atoms with Gasteiger partial charge in [0.1, 0.15) is 0 Å². The summed E-state index contributed by atoms with van der Waals surface area (Å²) in [5, 5.41) is 2.81. The van der Waals surface area contributed by atoms with Crippen LogP contribution in [0.1, 0.15) is 56.7 Å². The van der Waals surface area contributed by atoms with Crippen LogP contribution in [0.15, 0.2) is 24.3 Å². The number of primary amides is 1. The number of likely N-dealkylation sites (tertiary alicyclic amines) is 1. The van der Waals surface area contributed by atoms with Gasteiger partial charge in [0.2, 0.25) is 0 Å². The quantitative estimate of drug-likeness (QED) is 0.895. The van der Waals surface area contributed by atoms with Crippen LogP contribution in [0.25, 0.3) is 0 Å². The molecule has 4 heteroatoms. The van der Waals surface area contributed by atoms with Crippen molar-refractivity contribution in [3.05, 3.63) is 35.4 Å². The molecule has 0 spiro atoms. The third kappa shape index (κ3) is 4.21. The molecule has 1 heterocycles. The summed E-state index contributed by atoms with van der Waals surface area (Å²) >= 11 is 0. The number of nitrogens with two attached hydrogens (primary N) is 1. The smallest absolute Gasteiger partial charge is 0.312 e. The van der Waals surface area contributed by atoms with Crippen LogP contribution in [-0.4, -0.2) is 30.1 Å². The molecular weight excluding hydrogens is 262 g/mol. The molecule has 1 aromatic carbocycles. The minimum Gasteiger partial charge on any atom is -0.352 e. The van der Waals surface area contributed by atoms with Crippen molar-refractivity contribution in [2.45, 2.75) is 51.6 Å². The van der Waals surface area contributed by atoms with Crippen LogP contribution >= 0.6 is 0 Å². The predicted octanol–water partition coefficient (Wildman–Crippen LogP) is 3.00. The van der Waals surface area contributed by atoms with Crippen molar-refractivity contribution in [1.82, 2.24) is 10.2 Å². The number of hydrogen-bond donors (Lipinski definition) is 2. The molecule has 3 N–H and O–H groups in total. The molecular formula is C17H27N3O. The highest BCUT2D eigenvalue weighted by Crippen LogP contribution is 2.25. The molecule has 1 fully saturated rings. The molecule has 1 unspecified atom stereocenters. The average molecular weight is 289 g/mol. The Balaban J connectivity index is 1.92. The second-order valence-electron chi connectivity index (χ2n) is 6.32. The van der Waals surface area contributed by atoms with Gasteiger partial charge in [-0.15, -0.1) is 0 Å². The van der Waals surface area contributed by atoms with Gasteiger partial charge < -0.3 is 11.1 Å². The van der Waals surface area contributed by atoms with E-state index in [2.05, 4.69) is 55.3 Å². The maximum atomic E-state index is 10.9. The van der Waals surface area contributed by atoms with Crippen molar-refractivity contribution < 1.29 is 4.79 Å². The van der Waals surface area contributed by atoms with E-state index in [0.29, 0.717) is 12.0 Å². The summed E-state index contributed by atoms with van der Waals surface area (Å²) in [4.78, 5) is 13.4. The molecule has 1 atom stereocenters. The number of amides is 2. The van der Waals surface area contributed by atoms with Gasteiger partial charge in [-0.25, -0.2) is 4.79 Å². The summed E-state index contributed by atoms with van der Waals surface area (Å²) in [5.74, 6) is 0.574. The Kier molecular flexibility index (Phi) is 5.23. The molecule has 1 aliphatic heterocycles. The minimum absolute atomic E-state index is 0.231. The van der Waals surface area contributed by atoms with Crippen molar-refractivity contribution in [1.29, 1.82) is 0 Å². The number of piperidine rings is 1. The van der Waals surface area contributed by atoms with E-state index in [4.69, 9.17) is 5.73 Å². The Morgan fingerprint density at radius 1 is 1.14 bits per heavy atom. The highest BCUT2D eigenvalue weighted by atomic mass is 16.2. The molecule has 1 aromatic rings. The number of urea groups is 1. The lowest BCUT2D eigenvalue weighted by molar-refractivity contribution is 0.154. The Labute approximate surface area is 127 Å². The fraction of sp³-hybridized carbons (Fsp3) is 0.588. The highest BCUT2D eigenvalue weighted by Gasteiger charge is 2.24. The summed E-state index contributed by atoms with van der Waals surface area (Å²) in [6.07, 6.45) is 1.94. The number of nitrogens with zero attached hydrogens (tertiary/aromatic N) is 1. The van der Waals surface area contributed by atoms with Crippen LogP contribution in [0.3, 0.4) is 0 Å². The lowest BCUT2D eigenvalue weighted by Gasteiger charge is -2.36. The molecule has 1 aliphatic rings. The topological polar surface area (TPSA) is 58.4 Å². The number of benzene rings is 1. The lowest BCUT2D eigenvalue weighted by atomic mass is 9.97. The van der Waals surface area contributed by atoms with Crippen LogP contribution in [0.5, 0.6) is 0 Å². The van der Waals surface area contributed by atoms with E-state index in [1.54, 1.807) is 0 Å².